The van der Waals surface area contributed by atoms with E-state index in [0.29, 0.717) is 0 Å². The van der Waals surface area contributed by atoms with Gasteiger partial charge in [-0.3, -0.25) is 4.79 Å². The molecule has 5 heteroatoms. The fraction of sp³-hybridized carbons (Fsp3) is 0.222. The molecule has 0 fully saturated rings. The highest BCUT2D eigenvalue weighted by atomic mass is 16.1. The third-order valence-electron chi connectivity index (χ3n) is 3.79. The van der Waals surface area contributed by atoms with Gasteiger partial charge in [0.2, 0.25) is 5.91 Å². The molecule has 0 radical (unpaired) electrons. The fourth-order valence-corrected chi connectivity index (χ4v) is 2.58. The van der Waals surface area contributed by atoms with Crippen LogP contribution in [-0.4, -0.2) is 15.3 Å². The summed E-state index contributed by atoms with van der Waals surface area (Å²) < 4.78 is 2.08. The summed E-state index contributed by atoms with van der Waals surface area (Å²) >= 11 is 0. The van der Waals surface area contributed by atoms with E-state index >= 15 is 0 Å². The van der Waals surface area contributed by atoms with Crippen molar-refractivity contribution in [2.24, 2.45) is 0 Å². The number of pyridine rings is 1. The van der Waals surface area contributed by atoms with Crippen LogP contribution >= 0.6 is 0 Å². The van der Waals surface area contributed by atoms with E-state index in [1.165, 1.54) is 6.92 Å². The Labute approximate surface area is 135 Å². The third kappa shape index (κ3) is 3.57. The van der Waals surface area contributed by atoms with E-state index in [0.717, 1.165) is 29.1 Å². The van der Waals surface area contributed by atoms with Crippen LogP contribution in [0.15, 0.2) is 54.9 Å². The average Bonchev–Trinajstić information content (AvgIpc) is 2.95. The highest BCUT2D eigenvalue weighted by Gasteiger charge is 2.08. The molecule has 3 rings (SSSR count). The van der Waals surface area contributed by atoms with Gasteiger partial charge in [0.1, 0.15) is 5.65 Å². The van der Waals surface area contributed by atoms with Crippen molar-refractivity contribution in [1.82, 2.24) is 14.7 Å². The first-order chi connectivity index (χ1) is 11.1. The molecule has 1 unspecified atom stereocenters. The Morgan fingerprint density at radius 1 is 1.26 bits per heavy atom. The molecule has 3 aromatic rings. The minimum atomic E-state index is -0.0616. The molecular weight excluding hydrogens is 288 g/mol. The zero-order chi connectivity index (χ0) is 16.2. The summed E-state index contributed by atoms with van der Waals surface area (Å²) in [6.07, 6.45) is 3.91. The first-order valence-corrected chi connectivity index (χ1v) is 7.65. The number of nitrogens with zero attached hydrogens (tertiary/aromatic N) is 2. The van der Waals surface area contributed by atoms with Gasteiger partial charge in [0.25, 0.3) is 0 Å². The SMILES string of the molecule is CC(=O)Nc1cccc(C(C)NCc2cnc3ccccn23)c1. The van der Waals surface area contributed by atoms with Gasteiger partial charge in [0.05, 0.1) is 11.9 Å². The van der Waals surface area contributed by atoms with Gasteiger partial charge in [-0.15, -0.1) is 0 Å². The minimum Gasteiger partial charge on any atom is -0.326 e. The Bertz CT molecular complexity index is 825. The van der Waals surface area contributed by atoms with Gasteiger partial charge in [-0.05, 0) is 36.8 Å². The molecule has 5 nitrogen and oxygen atoms in total. The molecule has 0 aliphatic heterocycles. The number of hydrogen-bond acceptors (Lipinski definition) is 3. The molecule has 0 spiro atoms. The molecule has 2 aromatic heterocycles. The highest BCUT2D eigenvalue weighted by molar-refractivity contribution is 5.88. The first-order valence-electron chi connectivity index (χ1n) is 7.65. The lowest BCUT2D eigenvalue weighted by Crippen LogP contribution is -2.19. The Hall–Kier alpha value is -2.66. The smallest absolute Gasteiger partial charge is 0.221 e. The average molecular weight is 308 g/mol. The normalized spacial score (nSPS) is 12.3. The molecule has 23 heavy (non-hydrogen) atoms. The Kier molecular flexibility index (Phi) is 4.39. The van der Waals surface area contributed by atoms with Gasteiger partial charge < -0.3 is 15.0 Å². The number of benzene rings is 1. The lowest BCUT2D eigenvalue weighted by molar-refractivity contribution is -0.114. The first kappa shape index (κ1) is 15.2. The van der Waals surface area contributed by atoms with Crippen LogP contribution in [0.3, 0.4) is 0 Å². The molecule has 0 saturated carbocycles. The van der Waals surface area contributed by atoms with E-state index in [1.807, 2.05) is 48.8 Å². The summed E-state index contributed by atoms with van der Waals surface area (Å²) in [5.41, 5.74) is 4.01. The van der Waals surface area contributed by atoms with E-state index in [-0.39, 0.29) is 11.9 Å². The number of fused-ring (bicyclic) bond motifs is 1. The molecule has 0 aliphatic rings. The molecule has 118 valence electrons. The molecule has 1 atom stereocenters. The van der Waals surface area contributed by atoms with Crippen LogP contribution in [0.4, 0.5) is 5.69 Å². The van der Waals surface area contributed by atoms with Crippen LogP contribution in [-0.2, 0) is 11.3 Å². The maximum Gasteiger partial charge on any atom is 0.221 e. The Balaban J connectivity index is 1.69. The number of amides is 1. The summed E-state index contributed by atoms with van der Waals surface area (Å²) in [6.45, 7) is 4.34. The van der Waals surface area contributed by atoms with Crippen molar-refractivity contribution >= 4 is 17.2 Å². The van der Waals surface area contributed by atoms with Crippen molar-refractivity contribution in [2.75, 3.05) is 5.32 Å². The van der Waals surface area contributed by atoms with Crippen molar-refractivity contribution in [3.63, 3.8) is 0 Å². The third-order valence-corrected chi connectivity index (χ3v) is 3.79. The summed E-state index contributed by atoms with van der Waals surface area (Å²) in [7, 11) is 0. The molecular formula is C18H20N4O. The number of carbonyl (C=O) groups is 1. The number of imidazole rings is 1. The second kappa shape index (κ2) is 6.62. The topological polar surface area (TPSA) is 58.4 Å². The number of rotatable bonds is 5. The monoisotopic (exact) mass is 308 g/mol. The quantitative estimate of drug-likeness (QED) is 0.761. The van der Waals surface area contributed by atoms with E-state index in [9.17, 15) is 4.79 Å². The number of nitrogens with one attached hydrogen (secondary N) is 2. The van der Waals surface area contributed by atoms with Gasteiger partial charge in [-0.2, -0.15) is 0 Å². The van der Waals surface area contributed by atoms with Crippen LogP contribution in [0.5, 0.6) is 0 Å². The fourth-order valence-electron chi connectivity index (χ4n) is 2.58. The van der Waals surface area contributed by atoms with Crippen LogP contribution in [0.2, 0.25) is 0 Å². The molecule has 0 saturated heterocycles. The van der Waals surface area contributed by atoms with Crippen molar-refractivity contribution in [3.05, 3.63) is 66.1 Å². The standard InChI is InChI=1S/C18H20N4O/c1-13(15-6-5-7-16(10-15)21-14(2)23)19-11-17-12-20-18-8-3-4-9-22(17)18/h3-10,12-13,19H,11H2,1-2H3,(H,21,23). The van der Waals surface area contributed by atoms with Crippen molar-refractivity contribution in [1.29, 1.82) is 0 Å². The zero-order valence-corrected chi connectivity index (χ0v) is 13.3. The number of hydrogen-bond donors (Lipinski definition) is 2. The lowest BCUT2D eigenvalue weighted by atomic mass is 10.1. The van der Waals surface area contributed by atoms with Crippen LogP contribution in [0.25, 0.3) is 5.65 Å². The second-order valence-corrected chi connectivity index (χ2v) is 5.59. The molecule has 1 amide bonds. The number of anilines is 1. The summed E-state index contributed by atoms with van der Waals surface area (Å²) in [6, 6.07) is 14.0. The number of aromatic nitrogens is 2. The molecule has 0 aliphatic carbocycles. The van der Waals surface area contributed by atoms with Gasteiger partial charge in [-0.25, -0.2) is 4.98 Å². The van der Waals surface area contributed by atoms with Crippen molar-refractivity contribution in [2.45, 2.75) is 26.4 Å². The lowest BCUT2D eigenvalue weighted by Gasteiger charge is -2.15. The Morgan fingerprint density at radius 2 is 2.13 bits per heavy atom. The highest BCUT2D eigenvalue weighted by Crippen LogP contribution is 2.18. The molecule has 2 N–H and O–H groups in total. The van der Waals surface area contributed by atoms with Crippen molar-refractivity contribution in [3.8, 4) is 0 Å². The zero-order valence-electron chi connectivity index (χ0n) is 13.3. The second-order valence-electron chi connectivity index (χ2n) is 5.59. The Morgan fingerprint density at radius 3 is 2.96 bits per heavy atom. The predicted molar refractivity (Wildman–Crippen MR) is 91.2 cm³/mol. The van der Waals surface area contributed by atoms with E-state index in [4.69, 9.17) is 0 Å². The van der Waals surface area contributed by atoms with Gasteiger partial charge in [0.15, 0.2) is 0 Å². The maximum atomic E-state index is 11.2. The predicted octanol–water partition coefficient (Wildman–Crippen LogP) is 3.14. The number of carbonyl (C=O) groups excluding carboxylic acids is 1. The van der Waals surface area contributed by atoms with E-state index < -0.39 is 0 Å². The molecule has 2 heterocycles. The van der Waals surface area contributed by atoms with Gasteiger partial charge in [0, 0.05) is 31.4 Å². The summed E-state index contributed by atoms with van der Waals surface area (Å²) in [4.78, 5) is 15.6. The van der Waals surface area contributed by atoms with E-state index in [2.05, 4.69) is 33.0 Å². The molecule has 0 bridgehead atoms. The molecule has 1 aromatic carbocycles. The van der Waals surface area contributed by atoms with Crippen molar-refractivity contribution < 1.29 is 4.79 Å². The van der Waals surface area contributed by atoms with Crippen LogP contribution < -0.4 is 10.6 Å². The van der Waals surface area contributed by atoms with Crippen LogP contribution in [0, 0.1) is 0 Å². The summed E-state index contributed by atoms with van der Waals surface area (Å²) in [5.74, 6) is -0.0616. The van der Waals surface area contributed by atoms with Gasteiger partial charge in [-0.1, -0.05) is 18.2 Å². The minimum absolute atomic E-state index is 0.0616. The van der Waals surface area contributed by atoms with E-state index in [1.54, 1.807) is 0 Å². The van der Waals surface area contributed by atoms with Gasteiger partial charge >= 0.3 is 0 Å². The largest absolute Gasteiger partial charge is 0.326 e. The maximum absolute atomic E-state index is 11.2. The summed E-state index contributed by atoms with van der Waals surface area (Å²) in [5, 5.41) is 6.31. The van der Waals surface area contributed by atoms with Crippen LogP contribution in [0.1, 0.15) is 31.1 Å².